The average Bonchev–Trinajstić information content (AvgIpc) is 2.29. The molecule has 15 heavy (non-hydrogen) atoms. The molecular formula is C11H19NO3. The van der Waals surface area contributed by atoms with Crippen molar-refractivity contribution in [2.45, 2.75) is 32.6 Å². The monoisotopic (exact) mass is 213 g/mol. The predicted octanol–water partition coefficient (Wildman–Crippen LogP) is 1.83. The lowest BCUT2D eigenvalue weighted by molar-refractivity contribution is -0.112. The molecule has 0 atom stereocenters. The van der Waals surface area contributed by atoms with Gasteiger partial charge in [0.2, 0.25) is 0 Å². The Morgan fingerprint density at radius 1 is 1.47 bits per heavy atom. The molecule has 1 aliphatic rings. The van der Waals surface area contributed by atoms with E-state index in [2.05, 4.69) is 6.92 Å². The number of nitrogens with zero attached hydrogens (tertiary/aromatic N) is 1. The van der Waals surface area contributed by atoms with Crippen LogP contribution in [0, 0.1) is 5.92 Å². The van der Waals surface area contributed by atoms with E-state index in [0.717, 1.165) is 32.0 Å². The molecule has 0 aliphatic carbocycles. The molecule has 1 heterocycles. The summed E-state index contributed by atoms with van der Waals surface area (Å²) in [7, 11) is 0. The van der Waals surface area contributed by atoms with Crippen molar-refractivity contribution in [2.75, 3.05) is 19.7 Å². The SMILES string of the molecule is CCCCOC(=O)N1CCC(C=O)CC1. The number of carbonyl (C=O) groups excluding carboxylic acids is 2. The minimum Gasteiger partial charge on any atom is -0.449 e. The molecule has 0 unspecified atom stereocenters. The van der Waals surface area contributed by atoms with Gasteiger partial charge in [-0.05, 0) is 19.3 Å². The van der Waals surface area contributed by atoms with Crippen molar-refractivity contribution >= 4 is 12.4 Å². The zero-order chi connectivity index (χ0) is 11.1. The summed E-state index contributed by atoms with van der Waals surface area (Å²) in [5.74, 6) is 0.129. The van der Waals surface area contributed by atoms with Crippen molar-refractivity contribution in [1.29, 1.82) is 0 Å². The number of hydrogen-bond donors (Lipinski definition) is 0. The molecule has 4 nitrogen and oxygen atoms in total. The molecule has 0 radical (unpaired) electrons. The number of ether oxygens (including phenoxy) is 1. The molecule has 1 fully saturated rings. The third-order valence-electron chi connectivity index (χ3n) is 2.71. The van der Waals surface area contributed by atoms with Gasteiger partial charge in [0, 0.05) is 19.0 Å². The molecule has 0 aromatic carbocycles. The van der Waals surface area contributed by atoms with E-state index in [0.29, 0.717) is 19.7 Å². The van der Waals surface area contributed by atoms with Crippen LogP contribution in [0.3, 0.4) is 0 Å². The molecule has 0 bridgehead atoms. The van der Waals surface area contributed by atoms with E-state index in [4.69, 9.17) is 4.74 Å². The summed E-state index contributed by atoms with van der Waals surface area (Å²) in [5, 5.41) is 0. The molecule has 1 saturated heterocycles. The second-order valence-electron chi connectivity index (χ2n) is 3.93. The van der Waals surface area contributed by atoms with Gasteiger partial charge < -0.3 is 14.4 Å². The third-order valence-corrected chi connectivity index (χ3v) is 2.71. The summed E-state index contributed by atoms with van der Waals surface area (Å²) in [6.07, 6.45) is 4.24. The molecule has 0 spiro atoms. The van der Waals surface area contributed by atoms with Gasteiger partial charge in [0.1, 0.15) is 6.29 Å². The second-order valence-corrected chi connectivity index (χ2v) is 3.93. The van der Waals surface area contributed by atoms with Gasteiger partial charge in [-0.3, -0.25) is 0 Å². The zero-order valence-electron chi connectivity index (χ0n) is 9.28. The van der Waals surface area contributed by atoms with Crippen LogP contribution in [-0.2, 0) is 9.53 Å². The topological polar surface area (TPSA) is 46.6 Å². The van der Waals surface area contributed by atoms with Crippen molar-refractivity contribution in [3.8, 4) is 0 Å². The predicted molar refractivity (Wildman–Crippen MR) is 56.6 cm³/mol. The van der Waals surface area contributed by atoms with Crippen molar-refractivity contribution in [3.63, 3.8) is 0 Å². The highest BCUT2D eigenvalue weighted by Gasteiger charge is 2.22. The number of unbranched alkanes of at least 4 members (excludes halogenated alkanes) is 1. The number of rotatable bonds is 4. The van der Waals surface area contributed by atoms with Crippen LogP contribution in [0.25, 0.3) is 0 Å². The Bertz CT molecular complexity index is 210. The van der Waals surface area contributed by atoms with E-state index in [1.807, 2.05) is 0 Å². The lowest BCUT2D eigenvalue weighted by atomic mass is 9.99. The lowest BCUT2D eigenvalue weighted by Gasteiger charge is -2.28. The van der Waals surface area contributed by atoms with E-state index in [1.165, 1.54) is 0 Å². The molecule has 86 valence electrons. The number of piperidine rings is 1. The Balaban J connectivity index is 2.21. The maximum atomic E-state index is 11.5. The van der Waals surface area contributed by atoms with Gasteiger partial charge in [0.15, 0.2) is 0 Å². The van der Waals surface area contributed by atoms with Gasteiger partial charge >= 0.3 is 6.09 Å². The highest BCUT2D eigenvalue weighted by molar-refractivity contribution is 5.68. The van der Waals surface area contributed by atoms with Gasteiger partial charge in [-0.15, -0.1) is 0 Å². The van der Waals surface area contributed by atoms with Gasteiger partial charge in [0.25, 0.3) is 0 Å². The van der Waals surface area contributed by atoms with E-state index < -0.39 is 0 Å². The molecule has 0 N–H and O–H groups in total. The normalized spacial score (nSPS) is 17.5. The smallest absolute Gasteiger partial charge is 0.409 e. The molecule has 0 aromatic rings. The summed E-state index contributed by atoms with van der Waals surface area (Å²) in [5.41, 5.74) is 0. The number of likely N-dealkylation sites (tertiary alicyclic amines) is 1. The fourth-order valence-electron chi connectivity index (χ4n) is 1.61. The molecule has 4 heteroatoms. The summed E-state index contributed by atoms with van der Waals surface area (Å²) < 4.78 is 5.09. The molecule has 0 aromatic heterocycles. The van der Waals surface area contributed by atoms with Gasteiger partial charge in [0.05, 0.1) is 6.61 Å². The minimum absolute atomic E-state index is 0.129. The summed E-state index contributed by atoms with van der Waals surface area (Å²) in [4.78, 5) is 23.7. The second kappa shape index (κ2) is 6.43. The fourth-order valence-corrected chi connectivity index (χ4v) is 1.61. The number of amides is 1. The van der Waals surface area contributed by atoms with Crippen LogP contribution in [0.5, 0.6) is 0 Å². The van der Waals surface area contributed by atoms with E-state index in [-0.39, 0.29) is 12.0 Å². The largest absolute Gasteiger partial charge is 0.449 e. The van der Waals surface area contributed by atoms with Crippen LogP contribution in [0.1, 0.15) is 32.6 Å². The first-order chi connectivity index (χ1) is 7.27. The molecule has 0 saturated carbocycles. The van der Waals surface area contributed by atoms with Crippen LogP contribution in [0.2, 0.25) is 0 Å². The summed E-state index contributed by atoms with van der Waals surface area (Å²) in [6.45, 7) is 3.86. The number of aldehydes is 1. The van der Waals surface area contributed by atoms with Gasteiger partial charge in [-0.1, -0.05) is 13.3 Å². The summed E-state index contributed by atoms with van der Waals surface area (Å²) >= 11 is 0. The third kappa shape index (κ3) is 3.90. The first-order valence-electron chi connectivity index (χ1n) is 5.65. The van der Waals surface area contributed by atoms with Crippen LogP contribution in [-0.4, -0.2) is 37.0 Å². The zero-order valence-corrected chi connectivity index (χ0v) is 9.28. The Labute approximate surface area is 90.6 Å². The standard InChI is InChI=1S/C11H19NO3/c1-2-3-8-15-11(14)12-6-4-10(9-13)5-7-12/h9-10H,2-8H2,1H3. The van der Waals surface area contributed by atoms with E-state index >= 15 is 0 Å². The lowest BCUT2D eigenvalue weighted by Crippen LogP contribution is -2.39. The fraction of sp³-hybridized carbons (Fsp3) is 0.818. The Morgan fingerprint density at radius 3 is 2.67 bits per heavy atom. The minimum atomic E-state index is -0.229. The van der Waals surface area contributed by atoms with E-state index in [9.17, 15) is 9.59 Å². The quantitative estimate of drug-likeness (QED) is 0.528. The Morgan fingerprint density at radius 2 is 2.13 bits per heavy atom. The van der Waals surface area contributed by atoms with Crippen LogP contribution in [0.15, 0.2) is 0 Å². The van der Waals surface area contributed by atoms with Crippen LogP contribution < -0.4 is 0 Å². The van der Waals surface area contributed by atoms with Crippen LogP contribution in [0.4, 0.5) is 4.79 Å². The maximum absolute atomic E-state index is 11.5. The van der Waals surface area contributed by atoms with Crippen molar-refractivity contribution < 1.29 is 14.3 Å². The number of hydrogen-bond acceptors (Lipinski definition) is 3. The van der Waals surface area contributed by atoms with Gasteiger partial charge in [-0.2, -0.15) is 0 Å². The highest BCUT2D eigenvalue weighted by atomic mass is 16.6. The average molecular weight is 213 g/mol. The van der Waals surface area contributed by atoms with Gasteiger partial charge in [-0.25, -0.2) is 4.79 Å². The summed E-state index contributed by atoms with van der Waals surface area (Å²) in [6, 6.07) is 0. The number of carbonyl (C=O) groups is 2. The highest BCUT2D eigenvalue weighted by Crippen LogP contribution is 2.15. The molecular weight excluding hydrogens is 194 g/mol. The van der Waals surface area contributed by atoms with Crippen molar-refractivity contribution in [2.24, 2.45) is 5.92 Å². The first kappa shape index (κ1) is 12.0. The van der Waals surface area contributed by atoms with E-state index in [1.54, 1.807) is 4.90 Å². The molecule has 1 rings (SSSR count). The Kier molecular flexibility index (Phi) is 5.15. The first-order valence-corrected chi connectivity index (χ1v) is 5.65. The van der Waals surface area contributed by atoms with Crippen LogP contribution >= 0.6 is 0 Å². The van der Waals surface area contributed by atoms with Crippen molar-refractivity contribution in [1.82, 2.24) is 4.90 Å². The molecule has 1 aliphatic heterocycles. The maximum Gasteiger partial charge on any atom is 0.409 e. The van der Waals surface area contributed by atoms with Crippen molar-refractivity contribution in [3.05, 3.63) is 0 Å². The molecule has 1 amide bonds. The Hall–Kier alpha value is -1.06.